The lowest BCUT2D eigenvalue weighted by Crippen LogP contribution is -2.46. The molecular weight excluding hydrogens is 530 g/mol. The van der Waals surface area contributed by atoms with Crippen molar-refractivity contribution in [2.45, 2.75) is 12.5 Å². The number of amides is 2. The monoisotopic (exact) mass is 562 g/mol. The number of carbonyl (C=O) groups is 2. The number of halogens is 2. The van der Waals surface area contributed by atoms with Gasteiger partial charge in [-0.15, -0.1) is 0 Å². The number of hydrazone groups is 1. The third-order valence-electron chi connectivity index (χ3n) is 7.35. The van der Waals surface area contributed by atoms with Gasteiger partial charge in [0.25, 0.3) is 11.8 Å². The molecule has 0 saturated carbocycles. The Bertz CT molecular complexity index is 1390. The molecule has 0 N–H and O–H groups in total. The topological polar surface area (TPSA) is 74.7 Å². The summed E-state index contributed by atoms with van der Waals surface area (Å²) in [7, 11) is 1.55. The van der Waals surface area contributed by atoms with Gasteiger partial charge in [0.2, 0.25) is 0 Å². The smallest absolute Gasteiger partial charge is 0.262 e. The molecule has 2 heterocycles. The summed E-state index contributed by atoms with van der Waals surface area (Å²) in [6.07, 6.45) is 0.249. The van der Waals surface area contributed by atoms with E-state index in [9.17, 15) is 18.4 Å². The van der Waals surface area contributed by atoms with Crippen molar-refractivity contribution in [3.05, 3.63) is 101 Å². The van der Waals surface area contributed by atoms with Crippen LogP contribution in [0, 0.1) is 11.6 Å². The van der Waals surface area contributed by atoms with Gasteiger partial charge in [0, 0.05) is 43.7 Å². The van der Waals surface area contributed by atoms with Gasteiger partial charge in [0.05, 0.1) is 32.1 Å². The van der Waals surface area contributed by atoms with Gasteiger partial charge in [-0.1, -0.05) is 30.3 Å². The summed E-state index contributed by atoms with van der Waals surface area (Å²) >= 11 is 0. The number of benzene rings is 3. The van der Waals surface area contributed by atoms with Crippen molar-refractivity contribution in [1.29, 1.82) is 0 Å². The van der Waals surface area contributed by atoms with E-state index in [0.717, 1.165) is 13.1 Å². The standard InChI is InChI=1S/C31H32F2N4O4/c1-40-25-12-8-23(9-13-25)31(39)36(15-14-35-16-18-41-19-17-35)21-30(38)37-29(22-6-10-24(32)11-7-22)20-28(34-37)26-4-2-3-5-27(26)33/h2-13,29H,14-21H2,1H3/t29-/m1/s1. The number of methoxy groups -OCH3 is 1. The van der Waals surface area contributed by atoms with Crippen molar-refractivity contribution in [2.75, 3.05) is 53.0 Å². The molecule has 0 unspecified atom stereocenters. The lowest BCUT2D eigenvalue weighted by molar-refractivity contribution is -0.133. The predicted octanol–water partition coefficient (Wildman–Crippen LogP) is 4.13. The minimum absolute atomic E-state index is 0.235. The molecular formula is C31H32F2N4O4. The molecule has 41 heavy (non-hydrogen) atoms. The molecule has 1 fully saturated rings. The molecule has 8 nitrogen and oxygen atoms in total. The first-order valence-electron chi connectivity index (χ1n) is 13.6. The highest BCUT2D eigenvalue weighted by Crippen LogP contribution is 2.33. The van der Waals surface area contributed by atoms with Crippen LogP contribution in [0.25, 0.3) is 0 Å². The fourth-order valence-corrected chi connectivity index (χ4v) is 5.03. The third kappa shape index (κ3) is 6.78. The van der Waals surface area contributed by atoms with E-state index in [4.69, 9.17) is 9.47 Å². The van der Waals surface area contributed by atoms with Gasteiger partial charge >= 0.3 is 0 Å². The minimum Gasteiger partial charge on any atom is -0.497 e. The SMILES string of the molecule is COc1ccc(C(=O)N(CCN2CCOCC2)CC(=O)N2N=C(c3ccccc3F)C[C@@H]2c2ccc(F)cc2)cc1. The molecule has 0 aliphatic carbocycles. The van der Waals surface area contributed by atoms with Crippen LogP contribution in [0.2, 0.25) is 0 Å². The molecule has 1 atom stereocenters. The summed E-state index contributed by atoms with van der Waals surface area (Å²) in [5.41, 5.74) is 1.80. The molecule has 3 aromatic rings. The molecule has 0 bridgehead atoms. The third-order valence-corrected chi connectivity index (χ3v) is 7.35. The summed E-state index contributed by atoms with van der Waals surface area (Å²) in [5.74, 6) is -0.953. The van der Waals surface area contributed by atoms with Gasteiger partial charge in [0.15, 0.2) is 0 Å². The van der Waals surface area contributed by atoms with E-state index in [-0.39, 0.29) is 18.9 Å². The number of ether oxygens (including phenoxy) is 2. The van der Waals surface area contributed by atoms with Crippen LogP contribution in [-0.4, -0.2) is 85.4 Å². The second-order valence-electron chi connectivity index (χ2n) is 9.95. The van der Waals surface area contributed by atoms with E-state index in [0.29, 0.717) is 54.5 Å². The van der Waals surface area contributed by atoms with Crippen LogP contribution in [0.1, 0.15) is 33.9 Å². The van der Waals surface area contributed by atoms with Gasteiger partial charge in [-0.2, -0.15) is 5.10 Å². The molecule has 214 valence electrons. The second kappa shape index (κ2) is 13.0. The zero-order chi connectivity index (χ0) is 28.8. The van der Waals surface area contributed by atoms with E-state index in [1.807, 2.05) is 0 Å². The Balaban J connectivity index is 1.41. The van der Waals surface area contributed by atoms with Crippen LogP contribution in [0.15, 0.2) is 77.9 Å². The summed E-state index contributed by atoms with van der Waals surface area (Å²) in [6.45, 7) is 3.37. The molecule has 10 heteroatoms. The van der Waals surface area contributed by atoms with E-state index >= 15 is 0 Å². The molecule has 2 amide bonds. The van der Waals surface area contributed by atoms with Crippen molar-refractivity contribution in [2.24, 2.45) is 5.10 Å². The zero-order valence-electron chi connectivity index (χ0n) is 22.8. The zero-order valence-corrected chi connectivity index (χ0v) is 22.8. The average Bonchev–Trinajstić information content (AvgIpc) is 3.45. The second-order valence-corrected chi connectivity index (χ2v) is 9.95. The Morgan fingerprint density at radius 3 is 2.39 bits per heavy atom. The summed E-state index contributed by atoms with van der Waals surface area (Å²) in [6, 6.07) is 18.2. The maximum Gasteiger partial charge on any atom is 0.262 e. The van der Waals surface area contributed by atoms with E-state index < -0.39 is 23.6 Å². The fraction of sp³-hybridized carbons (Fsp3) is 0.323. The van der Waals surface area contributed by atoms with Crippen molar-refractivity contribution >= 4 is 17.5 Å². The van der Waals surface area contributed by atoms with E-state index in [2.05, 4.69) is 10.0 Å². The Labute approximate surface area is 237 Å². The van der Waals surface area contributed by atoms with Crippen molar-refractivity contribution in [1.82, 2.24) is 14.8 Å². The highest BCUT2D eigenvalue weighted by Gasteiger charge is 2.35. The Hall–Kier alpha value is -4.15. The van der Waals surface area contributed by atoms with Crippen molar-refractivity contribution in [3.8, 4) is 5.75 Å². The highest BCUT2D eigenvalue weighted by molar-refractivity contribution is 6.04. The number of nitrogens with zero attached hydrogens (tertiary/aromatic N) is 4. The molecule has 3 aromatic carbocycles. The highest BCUT2D eigenvalue weighted by atomic mass is 19.1. The predicted molar refractivity (Wildman–Crippen MR) is 150 cm³/mol. The molecule has 5 rings (SSSR count). The van der Waals surface area contributed by atoms with Gasteiger partial charge < -0.3 is 14.4 Å². The molecule has 1 saturated heterocycles. The quantitative estimate of drug-likeness (QED) is 0.392. The fourth-order valence-electron chi connectivity index (χ4n) is 5.03. The van der Waals surface area contributed by atoms with E-state index in [1.54, 1.807) is 61.7 Å². The molecule has 0 radical (unpaired) electrons. The summed E-state index contributed by atoms with van der Waals surface area (Å²) in [5, 5.41) is 5.85. The Kier molecular flexibility index (Phi) is 9.01. The largest absolute Gasteiger partial charge is 0.497 e. The van der Waals surface area contributed by atoms with Crippen LogP contribution in [0.3, 0.4) is 0 Å². The normalized spacial score (nSPS) is 17.3. The summed E-state index contributed by atoms with van der Waals surface area (Å²) < 4.78 is 39.0. The van der Waals surface area contributed by atoms with Crippen LogP contribution >= 0.6 is 0 Å². The van der Waals surface area contributed by atoms with Crippen LogP contribution < -0.4 is 4.74 Å². The summed E-state index contributed by atoms with van der Waals surface area (Å²) in [4.78, 5) is 31.2. The van der Waals surface area contributed by atoms with E-state index in [1.165, 1.54) is 28.1 Å². The lowest BCUT2D eigenvalue weighted by atomic mass is 9.98. The van der Waals surface area contributed by atoms with Crippen LogP contribution in [0.5, 0.6) is 5.75 Å². The molecule has 0 aromatic heterocycles. The van der Waals surface area contributed by atoms with Gasteiger partial charge in [-0.25, -0.2) is 13.8 Å². The van der Waals surface area contributed by atoms with Gasteiger partial charge in [0.1, 0.15) is 23.9 Å². The Morgan fingerprint density at radius 2 is 1.71 bits per heavy atom. The first kappa shape index (κ1) is 28.4. The van der Waals surface area contributed by atoms with Gasteiger partial charge in [-0.05, 0) is 48.0 Å². The molecule has 2 aliphatic rings. The van der Waals surface area contributed by atoms with Gasteiger partial charge in [-0.3, -0.25) is 14.5 Å². The number of hydrogen-bond acceptors (Lipinski definition) is 6. The first-order valence-corrected chi connectivity index (χ1v) is 13.6. The lowest BCUT2D eigenvalue weighted by Gasteiger charge is -2.31. The number of rotatable bonds is 9. The van der Waals surface area contributed by atoms with Crippen LogP contribution in [0.4, 0.5) is 8.78 Å². The molecule has 0 spiro atoms. The average molecular weight is 563 g/mol. The maximum atomic E-state index is 14.7. The minimum atomic E-state index is -0.574. The number of carbonyl (C=O) groups excluding carboxylic acids is 2. The number of morpholine rings is 1. The molecule has 2 aliphatic heterocycles. The first-order chi connectivity index (χ1) is 19.9. The van der Waals surface area contributed by atoms with Crippen LogP contribution in [-0.2, 0) is 9.53 Å². The van der Waals surface area contributed by atoms with Crippen molar-refractivity contribution in [3.63, 3.8) is 0 Å². The maximum absolute atomic E-state index is 14.7. The van der Waals surface area contributed by atoms with Crippen molar-refractivity contribution < 1.29 is 27.8 Å². The number of hydrogen-bond donors (Lipinski definition) is 0. The Morgan fingerprint density at radius 1 is 1.00 bits per heavy atom.